The SMILES string of the molecule is CCCn1c(-c2cccc(C(=O)Nc3ccccc3)c2)nc2cccnc21. The van der Waals surface area contributed by atoms with Gasteiger partial charge in [-0.25, -0.2) is 9.97 Å². The molecule has 0 spiro atoms. The molecule has 5 heteroatoms. The first-order valence-electron chi connectivity index (χ1n) is 9.04. The number of rotatable bonds is 5. The molecule has 0 radical (unpaired) electrons. The van der Waals surface area contributed by atoms with E-state index in [0.29, 0.717) is 5.56 Å². The Morgan fingerprint density at radius 1 is 1.04 bits per heavy atom. The Morgan fingerprint density at radius 2 is 1.89 bits per heavy atom. The molecule has 2 aromatic heterocycles. The summed E-state index contributed by atoms with van der Waals surface area (Å²) in [6, 6.07) is 20.9. The van der Waals surface area contributed by atoms with Crippen LogP contribution in [0, 0.1) is 0 Å². The third-order valence-electron chi connectivity index (χ3n) is 4.37. The standard InChI is InChI=1S/C22H20N4O/c1-2-14-26-20(25-19-12-7-13-23-21(19)26)16-8-6-9-17(15-16)22(27)24-18-10-4-3-5-11-18/h3-13,15H,2,14H2,1H3,(H,24,27). The van der Waals surface area contributed by atoms with Gasteiger partial charge in [0.25, 0.3) is 5.91 Å². The predicted molar refractivity (Wildman–Crippen MR) is 108 cm³/mol. The molecule has 134 valence electrons. The van der Waals surface area contributed by atoms with Crippen LogP contribution in [0.4, 0.5) is 5.69 Å². The average Bonchev–Trinajstić information content (AvgIpc) is 3.08. The summed E-state index contributed by atoms with van der Waals surface area (Å²) < 4.78 is 2.11. The van der Waals surface area contributed by atoms with E-state index in [0.717, 1.165) is 41.2 Å². The molecule has 4 rings (SSSR count). The van der Waals surface area contributed by atoms with E-state index in [9.17, 15) is 4.79 Å². The Hall–Kier alpha value is -3.47. The first kappa shape index (κ1) is 17.0. The maximum absolute atomic E-state index is 12.6. The number of nitrogens with zero attached hydrogens (tertiary/aromatic N) is 3. The Kier molecular flexibility index (Phi) is 4.66. The molecule has 2 aromatic carbocycles. The maximum atomic E-state index is 12.6. The number of pyridine rings is 1. The predicted octanol–water partition coefficient (Wildman–Crippen LogP) is 4.76. The van der Waals surface area contributed by atoms with Gasteiger partial charge in [0.15, 0.2) is 5.65 Å². The monoisotopic (exact) mass is 356 g/mol. The van der Waals surface area contributed by atoms with Gasteiger partial charge in [-0.05, 0) is 42.8 Å². The number of para-hydroxylation sites is 1. The Balaban J connectivity index is 1.71. The number of aryl methyl sites for hydroxylation is 1. The largest absolute Gasteiger partial charge is 0.322 e. The second-order valence-corrected chi connectivity index (χ2v) is 6.33. The van der Waals surface area contributed by atoms with E-state index in [4.69, 9.17) is 4.98 Å². The highest BCUT2D eigenvalue weighted by molar-refractivity contribution is 6.04. The Bertz CT molecular complexity index is 1090. The van der Waals surface area contributed by atoms with E-state index in [1.165, 1.54) is 0 Å². The van der Waals surface area contributed by atoms with E-state index >= 15 is 0 Å². The normalized spacial score (nSPS) is 10.9. The molecule has 0 aliphatic heterocycles. The topological polar surface area (TPSA) is 59.8 Å². The van der Waals surface area contributed by atoms with Gasteiger partial charge in [-0.2, -0.15) is 0 Å². The lowest BCUT2D eigenvalue weighted by molar-refractivity contribution is 0.102. The number of nitrogens with one attached hydrogen (secondary N) is 1. The van der Waals surface area contributed by atoms with Crippen LogP contribution in [0.3, 0.4) is 0 Å². The van der Waals surface area contributed by atoms with Crippen molar-refractivity contribution in [1.29, 1.82) is 0 Å². The van der Waals surface area contributed by atoms with Crippen molar-refractivity contribution in [2.24, 2.45) is 0 Å². The number of anilines is 1. The first-order chi connectivity index (χ1) is 13.3. The minimum atomic E-state index is -0.140. The van der Waals surface area contributed by atoms with Crippen LogP contribution in [0.1, 0.15) is 23.7 Å². The summed E-state index contributed by atoms with van der Waals surface area (Å²) in [5.74, 6) is 0.694. The number of carbonyl (C=O) groups excluding carboxylic acids is 1. The lowest BCUT2D eigenvalue weighted by atomic mass is 10.1. The summed E-state index contributed by atoms with van der Waals surface area (Å²) in [5.41, 5.74) is 4.01. The molecule has 0 fully saturated rings. The van der Waals surface area contributed by atoms with Crippen molar-refractivity contribution in [2.45, 2.75) is 19.9 Å². The molecule has 0 atom stereocenters. The van der Waals surface area contributed by atoms with Crippen LogP contribution in [0.5, 0.6) is 0 Å². The number of hydrogen-bond acceptors (Lipinski definition) is 3. The Morgan fingerprint density at radius 3 is 2.70 bits per heavy atom. The van der Waals surface area contributed by atoms with Crippen LogP contribution < -0.4 is 5.32 Å². The van der Waals surface area contributed by atoms with Crippen LogP contribution >= 0.6 is 0 Å². The quantitative estimate of drug-likeness (QED) is 0.561. The highest BCUT2D eigenvalue weighted by atomic mass is 16.1. The van der Waals surface area contributed by atoms with Gasteiger partial charge in [-0.1, -0.05) is 37.3 Å². The van der Waals surface area contributed by atoms with Crippen LogP contribution in [-0.2, 0) is 6.54 Å². The fourth-order valence-corrected chi connectivity index (χ4v) is 3.14. The van der Waals surface area contributed by atoms with Crippen molar-refractivity contribution in [1.82, 2.24) is 14.5 Å². The van der Waals surface area contributed by atoms with Crippen LogP contribution in [-0.4, -0.2) is 20.4 Å². The van der Waals surface area contributed by atoms with Crippen LogP contribution in [0.25, 0.3) is 22.6 Å². The number of amides is 1. The van der Waals surface area contributed by atoms with Crippen molar-refractivity contribution >= 4 is 22.8 Å². The van der Waals surface area contributed by atoms with Gasteiger partial charge < -0.3 is 9.88 Å². The van der Waals surface area contributed by atoms with Crippen LogP contribution in [0.2, 0.25) is 0 Å². The summed E-state index contributed by atoms with van der Waals surface area (Å²) in [6.07, 6.45) is 2.76. The van der Waals surface area contributed by atoms with Gasteiger partial charge in [0.2, 0.25) is 0 Å². The average molecular weight is 356 g/mol. The molecule has 0 aliphatic carbocycles. The molecule has 27 heavy (non-hydrogen) atoms. The van der Waals surface area contributed by atoms with Crippen molar-refractivity contribution in [3.8, 4) is 11.4 Å². The third-order valence-corrected chi connectivity index (χ3v) is 4.37. The summed E-state index contributed by atoms with van der Waals surface area (Å²) in [4.78, 5) is 21.9. The summed E-state index contributed by atoms with van der Waals surface area (Å²) in [5, 5.41) is 2.92. The fourth-order valence-electron chi connectivity index (χ4n) is 3.14. The second kappa shape index (κ2) is 7.41. The van der Waals surface area contributed by atoms with E-state index in [-0.39, 0.29) is 5.91 Å². The zero-order valence-electron chi connectivity index (χ0n) is 15.1. The minimum Gasteiger partial charge on any atom is -0.322 e. The van der Waals surface area contributed by atoms with Crippen molar-refractivity contribution in [3.63, 3.8) is 0 Å². The van der Waals surface area contributed by atoms with Gasteiger partial charge in [-0.15, -0.1) is 0 Å². The molecule has 0 aliphatic rings. The highest BCUT2D eigenvalue weighted by Crippen LogP contribution is 2.25. The lowest BCUT2D eigenvalue weighted by Gasteiger charge is -2.09. The number of aromatic nitrogens is 3. The first-order valence-corrected chi connectivity index (χ1v) is 9.04. The molecular weight excluding hydrogens is 336 g/mol. The summed E-state index contributed by atoms with van der Waals surface area (Å²) >= 11 is 0. The molecule has 0 saturated carbocycles. The smallest absolute Gasteiger partial charge is 0.255 e. The third kappa shape index (κ3) is 3.44. The minimum absolute atomic E-state index is 0.140. The van der Waals surface area contributed by atoms with E-state index in [1.807, 2.05) is 66.7 Å². The molecule has 0 saturated heterocycles. The van der Waals surface area contributed by atoms with Crippen LogP contribution in [0.15, 0.2) is 72.9 Å². The van der Waals surface area contributed by atoms with Gasteiger partial charge >= 0.3 is 0 Å². The molecule has 4 aromatic rings. The summed E-state index contributed by atoms with van der Waals surface area (Å²) in [7, 11) is 0. The number of imidazole rings is 1. The highest BCUT2D eigenvalue weighted by Gasteiger charge is 2.14. The van der Waals surface area contributed by atoms with Crippen molar-refractivity contribution < 1.29 is 4.79 Å². The van der Waals surface area contributed by atoms with E-state index in [2.05, 4.69) is 21.8 Å². The van der Waals surface area contributed by atoms with Crippen molar-refractivity contribution in [2.75, 3.05) is 5.32 Å². The molecule has 1 amide bonds. The fraction of sp³-hybridized carbons (Fsp3) is 0.136. The van der Waals surface area contributed by atoms with Gasteiger partial charge in [0.1, 0.15) is 11.3 Å². The summed E-state index contributed by atoms with van der Waals surface area (Å²) in [6.45, 7) is 2.95. The van der Waals surface area contributed by atoms with Crippen molar-refractivity contribution in [3.05, 3.63) is 78.5 Å². The lowest BCUT2D eigenvalue weighted by Crippen LogP contribution is -2.12. The van der Waals surface area contributed by atoms with Gasteiger partial charge in [0, 0.05) is 29.6 Å². The molecular formula is C22H20N4O. The molecule has 2 heterocycles. The van der Waals surface area contributed by atoms with E-state index in [1.54, 1.807) is 6.20 Å². The second-order valence-electron chi connectivity index (χ2n) is 6.33. The number of fused-ring (bicyclic) bond motifs is 1. The number of carbonyl (C=O) groups is 1. The zero-order valence-corrected chi connectivity index (χ0v) is 15.1. The number of hydrogen-bond donors (Lipinski definition) is 1. The Labute approximate surface area is 157 Å². The molecule has 5 nitrogen and oxygen atoms in total. The maximum Gasteiger partial charge on any atom is 0.255 e. The molecule has 0 bridgehead atoms. The van der Waals surface area contributed by atoms with E-state index < -0.39 is 0 Å². The van der Waals surface area contributed by atoms with Gasteiger partial charge in [0.05, 0.1) is 0 Å². The zero-order chi connectivity index (χ0) is 18.6. The molecule has 0 unspecified atom stereocenters. The molecule has 1 N–H and O–H groups in total. The number of benzene rings is 2. The van der Waals surface area contributed by atoms with Gasteiger partial charge in [-0.3, -0.25) is 4.79 Å².